The molecule has 1 aromatic rings. The standard InChI is InChI=1S/C11H10FNO5/c1-5(14)9-6(2)17-11(13(15)16)10(9)7-3-4-8(12)18-7/h3-4,10-11H,1-2H3. The molecule has 0 amide bonds. The molecule has 1 aliphatic heterocycles. The van der Waals surface area contributed by atoms with Gasteiger partial charge < -0.3 is 9.15 Å². The number of allylic oxidation sites excluding steroid dienone is 1. The molecular formula is C11H10FNO5. The van der Waals surface area contributed by atoms with E-state index in [-0.39, 0.29) is 22.9 Å². The largest absolute Gasteiger partial charge is 0.435 e. The third-order valence-electron chi connectivity index (χ3n) is 2.76. The van der Waals surface area contributed by atoms with Crippen LogP contribution < -0.4 is 0 Å². The van der Waals surface area contributed by atoms with Crippen LogP contribution in [0.1, 0.15) is 25.5 Å². The summed E-state index contributed by atoms with van der Waals surface area (Å²) in [5, 5.41) is 10.9. The van der Waals surface area contributed by atoms with Crippen molar-refractivity contribution in [3.8, 4) is 0 Å². The van der Waals surface area contributed by atoms with Crippen molar-refractivity contribution in [3.63, 3.8) is 0 Å². The van der Waals surface area contributed by atoms with Gasteiger partial charge in [-0.05, 0) is 19.9 Å². The maximum absolute atomic E-state index is 12.9. The fraction of sp³-hybridized carbons (Fsp3) is 0.364. The minimum atomic E-state index is -1.46. The summed E-state index contributed by atoms with van der Waals surface area (Å²) in [6.45, 7) is 2.74. The van der Waals surface area contributed by atoms with Gasteiger partial charge >= 0.3 is 6.23 Å². The fourth-order valence-corrected chi connectivity index (χ4v) is 2.08. The number of ether oxygens (including phenoxy) is 1. The van der Waals surface area contributed by atoms with E-state index in [1.807, 2.05) is 0 Å². The van der Waals surface area contributed by atoms with E-state index >= 15 is 0 Å². The Morgan fingerprint density at radius 2 is 2.17 bits per heavy atom. The normalized spacial score (nSPS) is 23.1. The maximum atomic E-state index is 12.9. The lowest BCUT2D eigenvalue weighted by molar-refractivity contribution is -0.570. The van der Waals surface area contributed by atoms with Crippen molar-refractivity contribution < 1.29 is 23.3 Å². The number of ketones is 1. The number of hydrogen-bond acceptors (Lipinski definition) is 5. The minimum absolute atomic E-state index is 0.0104. The summed E-state index contributed by atoms with van der Waals surface area (Å²) in [5.41, 5.74) is 0.144. The van der Waals surface area contributed by atoms with Gasteiger partial charge in [-0.2, -0.15) is 4.39 Å². The first-order valence-electron chi connectivity index (χ1n) is 5.19. The van der Waals surface area contributed by atoms with Crippen molar-refractivity contribution in [2.24, 2.45) is 0 Å². The molecule has 7 heteroatoms. The van der Waals surface area contributed by atoms with Crippen LogP contribution in [0.3, 0.4) is 0 Å². The summed E-state index contributed by atoms with van der Waals surface area (Å²) in [5.74, 6) is -1.19. The molecule has 0 aromatic carbocycles. The molecule has 2 atom stereocenters. The molecule has 18 heavy (non-hydrogen) atoms. The molecule has 96 valence electrons. The second-order valence-electron chi connectivity index (χ2n) is 3.94. The zero-order chi connectivity index (χ0) is 13.4. The van der Waals surface area contributed by atoms with Gasteiger partial charge in [-0.3, -0.25) is 14.9 Å². The van der Waals surface area contributed by atoms with Crippen molar-refractivity contribution >= 4 is 5.78 Å². The van der Waals surface area contributed by atoms with Gasteiger partial charge in [0, 0.05) is 6.07 Å². The second-order valence-corrected chi connectivity index (χ2v) is 3.94. The zero-order valence-corrected chi connectivity index (χ0v) is 9.68. The summed E-state index contributed by atoms with van der Waals surface area (Å²) in [7, 11) is 0. The Balaban J connectivity index is 2.49. The summed E-state index contributed by atoms with van der Waals surface area (Å²) < 4.78 is 22.6. The number of nitro groups is 1. The Bertz CT molecular complexity index is 547. The van der Waals surface area contributed by atoms with Crippen LogP contribution in [0, 0.1) is 16.1 Å². The first-order chi connectivity index (χ1) is 8.41. The van der Waals surface area contributed by atoms with E-state index in [2.05, 4.69) is 0 Å². The number of carbonyl (C=O) groups excluding carboxylic acids is 1. The Morgan fingerprint density at radius 1 is 1.50 bits per heavy atom. The summed E-state index contributed by atoms with van der Waals surface area (Å²) in [6, 6.07) is 1.44. The number of nitrogens with zero attached hydrogens (tertiary/aromatic N) is 1. The molecule has 2 heterocycles. The number of Topliss-reactive ketones (excluding diaryl/α,β-unsaturated/α-hetero) is 1. The second kappa shape index (κ2) is 4.25. The monoisotopic (exact) mass is 255 g/mol. The van der Waals surface area contributed by atoms with E-state index in [0.29, 0.717) is 0 Å². The predicted octanol–water partition coefficient (Wildman–Crippen LogP) is 2.00. The highest BCUT2D eigenvalue weighted by atomic mass is 19.1. The molecule has 0 bridgehead atoms. The smallest absolute Gasteiger partial charge is 0.367 e. The third-order valence-corrected chi connectivity index (χ3v) is 2.76. The van der Waals surface area contributed by atoms with Crippen molar-refractivity contribution in [3.05, 3.63) is 45.4 Å². The first-order valence-corrected chi connectivity index (χ1v) is 5.19. The topological polar surface area (TPSA) is 82.6 Å². The van der Waals surface area contributed by atoms with Gasteiger partial charge in [0.2, 0.25) is 0 Å². The van der Waals surface area contributed by atoms with Crippen LogP contribution in [0.5, 0.6) is 0 Å². The van der Waals surface area contributed by atoms with Crippen molar-refractivity contribution in [1.82, 2.24) is 0 Å². The lowest BCUT2D eigenvalue weighted by Crippen LogP contribution is -2.27. The predicted molar refractivity (Wildman–Crippen MR) is 56.7 cm³/mol. The molecule has 2 unspecified atom stereocenters. The molecule has 0 fully saturated rings. The number of rotatable bonds is 3. The van der Waals surface area contributed by atoms with E-state index < -0.39 is 23.1 Å². The molecule has 0 saturated heterocycles. The van der Waals surface area contributed by atoms with E-state index in [4.69, 9.17) is 9.15 Å². The van der Waals surface area contributed by atoms with Crippen LogP contribution in [-0.2, 0) is 9.53 Å². The van der Waals surface area contributed by atoms with Crippen LogP contribution in [0.4, 0.5) is 4.39 Å². The van der Waals surface area contributed by atoms with Gasteiger partial charge in [-0.15, -0.1) is 0 Å². The average Bonchev–Trinajstić information content (AvgIpc) is 2.81. The molecule has 2 rings (SSSR count). The molecule has 0 spiro atoms. The van der Waals surface area contributed by atoms with Gasteiger partial charge in [-0.25, -0.2) is 0 Å². The molecule has 0 N–H and O–H groups in total. The zero-order valence-electron chi connectivity index (χ0n) is 9.68. The highest BCUT2D eigenvalue weighted by molar-refractivity contribution is 5.95. The maximum Gasteiger partial charge on any atom is 0.367 e. The van der Waals surface area contributed by atoms with Crippen LogP contribution in [0.2, 0.25) is 0 Å². The highest BCUT2D eigenvalue weighted by Gasteiger charge is 2.48. The molecule has 1 aliphatic rings. The van der Waals surface area contributed by atoms with Crippen molar-refractivity contribution in [1.29, 1.82) is 0 Å². The van der Waals surface area contributed by atoms with Gasteiger partial charge in [0.05, 0.1) is 10.5 Å². The molecule has 0 radical (unpaired) electrons. The Hall–Kier alpha value is -2.18. The first kappa shape index (κ1) is 12.3. The van der Waals surface area contributed by atoms with E-state index in [0.717, 1.165) is 6.07 Å². The quantitative estimate of drug-likeness (QED) is 0.609. The number of furan rings is 1. The van der Waals surface area contributed by atoms with Crippen LogP contribution >= 0.6 is 0 Å². The Morgan fingerprint density at radius 3 is 2.61 bits per heavy atom. The number of hydrogen-bond donors (Lipinski definition) is 0. The molecule has 0 saturated carbocycles. The Kier molecular flexibility index (Phi) is 2.90. The number of carbonyl (C=O) groups is 1. The van der Waals surface area contributed by atoms with Gasteiger partial charge in [0.1, 0.15) is 11.5 Å². The van der Waals surface area contributed by atoms with Crippen LogP contribution in [0.15, 0.2) is 27.9 Å². The van der Waals surface area contributed by atoms with Crippen molar-refractivity contribution in [2.45, 2.75) is 26.0 Å². The lowest BCUT2D eigenvalue weighted by Gasteiger charge is -2.11. The van der Waals surface area contributed by atoms with E-state index in [1.54, 1.807) is 0 Å². The highest BCUT2D eigenvalue weighted by Crippen LogP contribution is 2.40. The van der Waals surface area contributed by atoms with Crippen LogP contribution in [-0.4, -0.2) is 16.9 Å². The van der Waals surface area contributed by atoms with Crippen molar-refractivity contribution in [2.75, 3.05) is 0 Å². The van der Waals surface area contributed by atoms with Gasteiger partial charge in [-0.1, -0.05) is 0 Å². The van der Waals surface area contributed by atoms with Crippen LogP contribution in [0.25, 0.3) is 0 Å². The fourth-order valence-electron chi connectivity index (χ4n) is 2.08. The molecular weight excluding hydrogens is 245 g/mol. The average molecular weight is 255 g/mol. The molecule has 0 aliphatic carbocycles. The Labute approximate surface area is 101 Å². The van der Waals surface area contributed by atoms with Gasteiger partial charge in [0.15, 0.2) is 11.7 Å². The summed E-state index contributed by atoms with van der Waals surface area (Å²) in [6.07, 6.45) is -1.46. The van der Waals surface area contributed by atoms with E-state index in [9.17, 15) is 19.3 Å². The molecule has 6 nitrogen and oxygen atoms in total. The SMILES string of the molecule is CC(=O)C1=C(C)OC([N+](=O)[O-])C1c1ccc(F)o1. The van der Waals surface area contributed by atoms with E-state index in [1.165, 1.54) is 19.9 Å². The lowest BCUT2D eigenvalue weighted by atomic mass is 9.93. The van der Waals surface area contributed by atoms with Gasteiger partial charge in [0.25, 0.3) is 6.01 Å². The summed E-state index contributed by atoms with van der Waals surface area (Å²) in [4.78, 5) is 21.8. The number of halogens is 1. The third kappa shape index (κ3) is 1.87. The summed E-state index contributed by atoms with van der Waals surface area (Å²) >= 11 is 0. The molecule has 1 aromatic heterocycles. The minimum Gasteiger partial charge on any atom is -0.435 e.